The molecule has 5 heteroatoms. The van der Waals surface area contributed by atoms with E-state index in [1.54, 1.807) is 0 Å². The van der Waals surface area contributed by atoms with Gasteiger partial charge in [0, 0.05) is 13.0 Å². The van der Waals surface area contributed by atoms with Crippen LogP contribution < -0.4 is 5.73 Å². The van der Waals surface area contributed by atoms with Crippen molar-refractivity contribution in [3.8, 4) is 0 Å². The summed E-state index contributed by atoms with van der Waals surface area (Å²) in [4.78, 5) is 19.0. The van der Waals surface area contributed by atoms with Crippen LogP contribution in [0.15, 0.2) is 0 Å². The van der Waals surface area contributed by atoms with Gasteiger partial charge in [0.2, 0.25) is 0 Å². The summed E-state index contributed by atoms with van der Waals surface area (Å²) in [6.45, 7) is 4.90. The van der Waals surface area contributed by atoms with E-state index in [2.05, 4.69) is 0 Å². The first kappa shape index (κ1) is 14.4. The first-order valence-electron chi connectivity index (χ1n) is 3.94. The maximum atomic E-state index is 10.0. The van der Waals surface area contributed by atoms with Gasteiger partial charge in [-0.25, -0.2) is 0 Å². The van der Waals surface area contributed by atoms with Crippen molar-refractivity contribution < 1.29 is 19.8 Å². The number of hydrogen-bond donors (Lipinski definition) is 3. The molecule has 4 N–H and O–H groups in total. The molecule has 0 aliphatic heterocycles. The average molecular weight is 191 g/mol. The van der Waals surface area contributed by atoms with E-state index in [-0.39, 0.29) is 18.4 Å². The van der Waals surface area contributed by atoms with Crippen LogP contribution in [0, 0.1) is 5.92 Å². The van der Waals surface area contributed by atoms with Gasteiger partial charge in [0.25, 0.3) is 5.97 Å². The maximum Gasteiger partial charge on any atom is 0.304 e. The second-order valence-electron chi connectivity index (χ2n) is 3.02. The summed E-state index contributed by atoms with van der Waals surface area (Å²) >= 11 is 0. The van der Waals surface area contributed by atoms with Crippen molar-refractivity contribution in [1.82, 2.24) is 0 Å². The second-order valence-corrected chi connectivity index (χ2v) is 3.02. The molecule has 0 aromatic carbocycles. The van der Waals surface area contributed by atoms with E-state index in [1.807, 2.05) is 13.8 Å². The molecule has 0 unspecified atom stereocenters. The molecular weight excluding hydrogens is 174 g/mol. The Bertz CT molecular complexity index is 164. The molecular formula is C8H17NO4. The van der Waals surface area contributed by atoms with Crippen molar-refractivity contribution >= 4 is 11.9 Å². The van der Waals surface area contributed by atoms with Crippen LogP contribution >= 0.6 is 0 Å². The van der Waals surface area contributed by atoms with Crippen molar-refractivity contribution in [3.63, 3.8) is 0 Å². The first-order chi connectivity index (χ1) is 5.77. The molecule has 0 heterocycles. The van der Waals surface area contributed by atoms with Crippen LogP contribution in [0.4, 0.5) is 0 Å². The second kappa shape index (κ2) is 7.54. The van der Waals surface area contributed by atoms with E-state index < -0.39 is 11.9 Å². The molecule has 0 amide bonds. The van der Waals surface area contributed by atoms with E-state index in [4.69, 9.17) is 20.7 Å². The van der Waals surface area contributed by atoms with Crippen molar-refractivity contribution in [2.45, 2.75) is 33.2 Å². The fourth-order valence-corrected chi connectivity index (χ4v) is 0.437. The zero-order valence-electron chi connectivity index (χ0n) is 8.15. The van der Waals surface area contributed by atoms with E-state index in [0.717, 1.165) is 6.92 Å². The molecule has 0 aliphatic carbocycles. The van der Waals surface area contributed by atoms with Gasteiger partial charge in [-0.3, -0.25) is 9.59 Å². The van der Waals surface area contributed by atoms with Crippen LogP contribution in [0.3, 0.4) is 0 Å². The smallest absolute Gasteiger partial charge is 0.304 e. The summed E-state index contributed by atoms with van der Waals surface area (Å²) in [6.07, 6.45) is 0.0671. The minimum absolute atomic E-state index is 0.0671. The molecule has 0 aromatic rings. The van der Waals surface area contributed by atoms with Crippen LogP contribution in [0.2, 0.25) is 0 Å². The lowest BCUT2D eigenvalue weighted by atomic mass is 10.0. The SMILES string of the molecule is CC(=O)O.CC(C)[C@@H](N)CC(=O)O. The number of aliphatic carboxylic acids is 2. The molecule has 5 nitrogen and oxygen atoms in total. The van der Waals surface area contributed by atoms with Gasteiger partial charge in [0.05, 0.1) is 6.42 Å². The first-order valence-corrected chi connectivity index (χ1v) is 3.94. The van der Waals surface area contributed by atoms with Gasteiger partial charge >= 0.3 is 5.97 Å². The molecule has 0 spiro atoms. The highest BCUT2D eigenvalue weighted by Gasteiger charge is 2.10. The molecule has 0 rings (SSSR count). The summed E-state index contributed by atoms with van der Waals surface area (Å²) in [5.74, 6) is -1.41. The zero-order chi connectivity index (χ0) is 11.0. The quantitative estimate of drug-likeness (QED) is 0.604. The standard InChI is InChI=1S/C6H13NO2.C2H4O2/c1-4(2)5(7)3-6(8)9;1-2(3)4/h4-5H,3,7H2,1-2H3,(H,8,9);1H3,(H,3,4)/t5-;/m0./s1. The summed E-state index contributed by atoms with van der Waals surface area (Å²) in [6, 6.07) is -0.206. The Balaban J connectivity index is 0. The Morgan fingerprint density at radius 1 is 1.31 bits per heavy atom. The summed E-state index contributed by atoms with van der Waals surface area (Å²) in [5, 5.41) is 15.7. The van der Waals surface area contributed by atoms with Crippen LogP contribution in [0.5, 0.6) is 0 Å². The normalized spacial score (nSPS) is 11.5. The Morgan fingerprint density at radius 2 is 1.62 bits per heavy atom. The third-order valence-corrected chi connectivity index (χ3v) is 1.27. The summed E-state index contributed by atoms with van der Waals surface area (Å²) in [5.41, 5.74) is 5.44. The number of hydrogen-bond acceptors (Lipinski definition) is 3. The third-order valence-electron chi connectivity index (χ3n) is 1.27. The Morgan fingerprint density at radius 3 is 1.69 bits per heavy atom. The zero-order valence-corrected chi connectivity index (χ0v) is 8.15. The molecule has 0 saturated heterocycles. The van der Waals surface area contributed by atoms with Crippen LogP contribution in [-0.2, 0) is 9.59 Å². The lowest BCUT2D eigenvalue weighted by Gasteiger charge is -2.11. The Hall–Kier alpha value is -1.10. The van der Waals surface area contributed by atoms with Crippen molar-refractivity contribution in [1.29, 1.82) is 0 Å². The summed E-state index contributed by atoms with van der Waals surface area (Å²) in [7, 11) is 0. The van der Waals surface area contributed by atoms with Crippen LogP contribution in [-0.4, -0.2) is 28.2 Å². The summed E-state index contributed by atoms with van der Waals surface area (Å²) < 4.78 is 0. The molecule has 0 fully saturated rings. The fraction of sp³-hybridized carbons (Fsp3) is 0.750. The molecule has 78 valence electrons. The molecule has 0 aromatic heterocycles. The van der Waals surface area contributed by atoms with E-state index in [9.17, 15) is 4.79 Å². The van der Waals surface area contributed by atoms with Crippen molar-refractivity contribution in [2.75, 3.05) is 0 Å². The average Bonchev–Trinajstić information content (AvgIpc) is 1.83. The predicted molar refractivity (Wildman–Crippen MR) is 48.4 cm³/mol. The van der Waals surface area contributed by atoms with Gasteiger partial charge in [0.1, 0.15) is 0 Å². The monoisotopic (exact) mass is 191 g/mol. The highest BCUT2D eigenvalue weighted by molar-refractivity contribution is 5.67. The minimum atomic E-state index is -0.833. The lowest BCUT2D eigenvalue weighted by molar-refractivity contribution is -0.137. The van der Waals surface area contributed by atoms with E-state index >= 15 is 0 Å². The van der Waals surface area contributed by atoms with Crippen LogP contribution in [0.25, 0.3) is 0 Å². The Kier molecular flexibility index (Phi) is 8.37. The molecule has 1 atom stereocenters. The molecule has 0 radical (unpaired) electrons. The van der Waals surface area contributed by atoms with Gasteiger partial charge in [-0.2, -0.15) is 0 Å². The Labute approximate surface area is 77.6 Å². The maximum absolute atomic E-state index is 10.0. The highest BCUT2D eigenvalue weighted by atomic mass is 16.4. The minimum Gasteiger partial charge on any atom is -0.481 e. The predicted octanol–water partition coefficient (Wildman–Crippen LogP) is 0.535. The number of carboxylic acid groups (broad SMARTS) is 2. The largest absolute Gasteiger partial charge is 0.481 e. The molecule has 0 aliphatic rings. The van der Waals surface area contributed by atoms with Gasteiger partial charge < -0.3 is 15.9 Å². The van der Waals surface area contributed by atoms with Crippen molar-refractivity contribution in [3.05, 3.63) is 0 Å². The topological polar surface area (TPSA) is 101 Å². The molecule has 0 saturated carbocycles. The fourth-order valence-electron chi connectivity index (χ4n) is 0.437. The number of rotatable bonds is 3. The van der Waals surface area contributed by atoms with E-state index in [1.165, 1.54) is 0 Å². The molecule has 13 heavy (non-hydrogen) atoms. The van der Waals surface area contributed by atoms with E-state index in [0.29, 0.717) is 0 Å². The van der Waals surface area contributed by atoms with Gasteiger partial charge in [-0.05, 0) is 5.92 Å². The van der Waals surface area contributed by atoms with Gasteiger partial charge in [0.15, 0.2) is 0 Å². The van der Waals surface area contributed by atoms with Crippen molar-refractivity contribution in [2.24, 2.45) is 11.7 Å². The number of carbonyl (C=O) groups is 2. The van der Waals surface area contributed by atoms with Gasteiger partial charge in [-0.1, -0.05) is 13.8 Å². The van der Waals surface area contributed by atoms with Gasteiger partial charge in [-0.15, -0.1) is 0 Å². The lowest BCUT2D eigenvalue weighted by Crippen LogP contribution is -2.28. The number of carboxylic acids is 2. The third kappa shape index (κ3) is 18.1. The molecule has 0 bridgehead atoms. The highest BCUT2D eigenvalue weighted by Crippen LogP contribution is 2.01. The van der Waals surface area contributed by atoms with Crippen LogP contribution in [0.1, 0.15) is 27.2 Å². The number of nitrogens with two attached hydrogens (primary N) is 1.